The van der Waals surface area contributed by atoms with Crippen molar-refractivity contribution in [3.8, 4) is 0 Å². The van der Waals surface area contributed by atoms with Gasteiger partial charge in [0.15, 0.2) is 5.79 Å². The van der Waals surface area contributed by atoms with Gasteiger partial charge in [0.25, 0.3) is 11.8 Å². The average molecular weight is 414 g/mol. The Kier molecular flexibility index (Phi) is 5.19. The van der Waals surface area contributed by atoms with Crippen LogP contribution in [0.25, 0.3) is 0 Å². The van der Waals surface area contributed by atoms with Gasteiger partial charge in [0, 0.05) is 44.6 Å². The maximum atomic E-state index is 13.2. The molecule has 3 saturated heterocycles. The average Bonchev–Trinajstić information content (AvgIpc) is 3.08. The van der Waals surface area contributed by atoms with Gasteiger partial charge in [0.05, 0.1) is 24.5 Å². The van der Waals surface area contributed by atoms with Crippen LogP contribution in [0.3, 0.4) is 0 Å². The van der Waals surface area contributed by atoms with Gasteiger partial charge in [-0.05, 0) is 44.4 Å². The molecule has 0 N–H and O–H groups in total. The minimum Gasteiger partial charge on any atom is -0.351 e. The number of fused-ring (bicyclic) bond motifs is 2. The van der Waals surface area contributed by atoms with Crippen LogP contribution < -0.4 is 4.90 Å². The van der Waals surface area contributed by atoms with Crippen LogP contribution in [-0.4, -0.2) is 73.0 Å². The first-order valence-electron chi connectivity index (χ1n) is 11.4. The Labute approximate surface area is 177 Å². The summed E-state index contributed by atoms with van der Waals surface area (Å²) in [6.07, 6.45) is 5.89. The van der Waals surface area contributed by atoms with E-state index in [-0.39, 0.29) is 18.0 Å². The number of carbonyl (C=O) groups is 2. The van der Waals surface area contributed by atoms with Crippen molar-refractivity contribution in [3.05, 3.63) is 29.3 Å². The van der Waals surface area contributed by atoms with Crippen LogP contribution in [0, 0.1) is 0 Å². The zero-order chi connectivity index (χ0) is 20.7. The van der Waals surface area contributed by atoms with Crippen molar-refractivity contribution in [1.29, 1.82) is 0 Å². The van der Waals surface area contributed by atoms with Gasteiger partial charge in [-0.25, -0.2) is 0 Å². The van der Waals surface area contributed by atoms with Gasteiger partial charge in [-0.15, -0.1) is 0 Å². The first-order chi connectivity index (χ1) is 14.6. The van der Waals surface area contributed by atoms with Crippen molar-refractivity contribution in [2.75, 3.05) is 44.3 Å². The van der Waals surface area contributed by atoms with Crippen LogP contribution >= 0.6 is 0 Å². The highest BCUT2D eigenvalue weighted by Gasteiger charge is 2.41. The van der Waals surface area contributed by atoms with Gasteiger partial charge >= 0.3 is 0 Å². The first-order valence-corrected chi connectivity index (χ1v) is 11.4. The summed E-state index contributed by atoms with van der Waals surface area (Å²) in [5.41, 5.74) is 2.29. The highest BCUT2D eigenvalue weighted by molar-refractivity contribution is 6.04. The zero-order valence-electron chi connectivity index (χ0n) is 17.8. The zero-order valence-corrected chi connectivity index (χ0v) is 17.8. The molecule has 4 aliphatic rings. The maximum absolute atomic E-state index is 13.2. The lowest BCUT2D eigenvalue weighted by Gasteiger charge is -2.45. The molecule has 30 heavy (non-hydrogen) atoms. The van der Waals surface area contributed by atoms with Crippen molar-refractivity contribution < 1.29 is 19.1 Å². The normalized spacial score (nSPS) is 25.8. The van der Waals surface area contributed by atoms with Gasteiger partial charge in [-0.3, -0.25) is 9.59 Å². The van der Waals surface area contributed by atoms with Crippen molar-refractivity contribution in [2.24, 2.45) is 0 Å². The predicted molar refractivity (Wildman–Crippen MR) is 113 cm³/mol. The molecule has 1 atom stereocenters. The number of hydrogen-bond donors (Lipinski definition) is 0. The third-order valence-corrected chi connectivity index (χ3v) is 7.09. The first kappa shape index (κ1) is 19.8. The number of benzene rings is 1. The van der Waals surface area contributed by atoms with Crippen molar-refractivity contribution >= 4 is 17.5 Å². The van der Waals surface area contributed by atoms with Gasteiger partial charge in [-0.2, -0.15) is 0 Å². The SMILES string of the molecule is CCN1c2cc(C(=O)N3CCC4(CC3)OCCO4)ccc2C(=O)N2CCCCCC21. The summed E-state index contributed by atoms with van der Waals surface area (Å²) >= 11 is 0. The lowest BCUT2D eigenvalue weighted by Crippen LogP contribution is -2.55. The summed E-state index contributed by atoms with van der Waals surface area (Å²) in [7, 11) is 0. The number of ether oxygens (including phenoxy) is 2. The predicted octanol–water partition coefficient (Wildman–Crippen LogP) is 2.85. The molecule has 7 heteroatoms. The Balaban J connectivity index is 1.39. The monoisotopic (exact) mass is 413 g/mol. The smallest absolute Gasteiger partial charge is 0.257 e. The second-order valence-corrected chi connectivity index (χ2v) is 8.75. The van der Waals surface area contributed by atoms with Gasteiger partial charge in [-0.1, -0.05) is 6.42 Å². The van der Waals surface area contributed by atoms with E-state index >= 15 is 0 Å². The number of anilines is 1. The lowest BCUT2D eigenvalue weighted by atomic mass is 9.99. The van der Waals surface area contributed by atoms with E-state index in [1.54, 1.807) is 0 Å². The van der Waals surface area contributed by atoms with Gasteiger partial charge < -0.3 is 24.2 Å². The molecule has 0 radical (unpaired) electrons. The number of amides is 2. The fraction of sp³-hybridized carbons (Fsp3) is 0.652. The molecule has 4 heterocycles. The molecule has 1 aromatic rings. The number of nitrogens with zero attached hydrogens (tertiary/aromatic N) is 3. The Morgan fingerprint density at radius 2 is 1.87 bits per heavy atom. The second kappa shape index (κ2) is 7.85. The Hall–Kier alpha value is -2.12. The minimum atomic E-state index is -0.485. The molecule has 162 valence electrons. The van der Waals surface area contributed by atoms with Crippen LogP contribution in [0.15, 0.2) is 18.2 Å². The van der Waals surface area contributed by atoms with Crippen LogP contribution in [0.5, 0.6) is 0 Å². The molecule has 0 aromatic heterocycles. The standard InChI is InChI=1S/C23H31N3O4/c1-2-25-19-16-17(21(27)24-12-9-23(10-13-24)29-14-15-30-23)7-8-18(19)22(28)26-11-5-3-4-6-20(25)26/h7-8,16,20H,2-6,9-15H2,1H3. The van der Waals surface area contributed by atoms with E-state index in [4.69, 9.17) is 9.47 Å². The Bertz CT molecular complexity index is 826. The molecular formula is C23H31N3O4. The summed E-state index contributed by atoms with van der Waals surface area (Å²) in [4.78, 5) is 32.6. The number of carbonyl (C=O) groups excluding carboxylic acids is 2. The van der Waals surface area contributed by atoms with E-state index in [1.165, 1.54) is 6.42 Å². The molecule has 0 bridgehead atoms. The Morgan fingerprint density at radius 3 is 2.60 bits per heavy atom. The Morgan fingerprint density at radius 1 is 1.10 bits per heavy atom. The number of likely N-dealkylation sites (tertiary alicyclic amines) is 1. The fourth-order valence-electron chi connectivity index (χ4n) is 5.45. The highest BCUT2D eigenvalue weighted by atomic mass is 16.7. The fourth-order valence-corrected chi connectivity index (χ4v) is 5.45. The molecule has 7 nitrogen and oxygen atoms in total. The summed E-state index contributed by atoms with van der Waals surface area (Å²) in [6, 6.07) is 5.61. The van der Waals surface area contributed by atoms with Crippen molar-refractivity contribution in [3.63, 3.8) is 0 Å². The number of hydrogen-bond acceptors (Lipinski definition) is 5. The number of rotatable bonds is 2. The molecule has 5 rings (SSSR count). The van der Waals surface area contributed by atoms with Crippen molar-refractivity contribution in [1.82, 2.24) is 9.80 Å². The van der Waals surface area contributed by atoms with E-state index in [2.05, 4.69) is 11.8 Å². The third kappa shape index (κ3) is 3.28. The topological polar surface area (TPSA) is 62.3 Å². The van der Waals surface area contributed by atoms with Gasteiger partial charge in [0.1, 0.15) is 6.17 Å². The van der Waals surface area contributed by atoms with Crippen LogP contribution in [-0.2, 0) is 9.47 Å². The van der Waals surface area contributed by atoms with Crippen molar-refractivity contribution in [2.45, 2.75) is 57.4 Å². The van der Waals surface area contributed by atoms with E-state index in [0.717, 1.165) is 43.6 Å². The number of piperidine rings is 1. The minimum absolute atomic E-state index is 0.0254. The second-order valence-electron chi connectivity index (χ2n) is 8.75. The molecule has 2 amide bonds. The van der Waals surface area contributed by atoms with E-state index < -0.39 is 5.79 Å². The van der Waals surface area contributed by atoms with Crippen LogP contribution in [0.2, 0.25) is 0 Å². The molecule has 0 aliphatic carbocycles. The van der Waals surface area contributed by atoms with E-state index in [0.29, 0.717) is 44.7 Å². The molecule has 3 fully saturated rings. The quantitative estimate of drug-likeness (QED) is 0.746. The largest absolute Gasteiger partial charge is 0.351 e. The molecule has 1 unspecified atom stereocenters. The van der Waals surface area contributed by atoms with Gasteiger partial charge in [0.2, 0.25) is 0 Å². The third-order valence-electron chi connectivity index (χ3n) is 7.09. The molecule has 1 spiro atoms. The lowest BCUT2D eigenvalue weighted by molar-refractivity contribution is -0.181. The molecule has 1 aromatic carbocycles. The van der Waals surface area contributed by atoms with Crippen LogP contribution in [0.1, 0.15) is 66.2 Å². The summed E-state index contributed by atoms with van der Waals surface area (Å²) in [6.45, 7) is 6.30. The highest BCUT2D eigenvalue weighted by Crippen LogP contribution is 2.36. The summed E-state index contributed by atoms with van der Waals surface area (Å²) in [5.74, 6) is -0.352. The van der Waals surface area contributed by atoms with Crippen LogP contribution in [0.4, 0.5) is 5.69 Å². The maximum Gasteiger partial charge on any atom is 0.257 e. The van der Waals surface area contributed by atoms with E-state index in [9.17, 15) is 9.59 Å². The molecule has 0 saturated carbocycles. The molecule has 4 aliphatic heterocycles. The van der Waals surface area contributed by atoms with E-state index in [1.807, 2.05) is 28.0 Å². The molecular weight excluding hydrogens is 382 g/mol. The summed E-state index contributed by atoms with van der Waals surface area (Å²) < 4.78 is 11.6. The summed E-state index contributed by atoms with van der Waals surface area (Å²) in [5, 5.41) is 0.